The van der Waals surface area contributed by atoms with Crippen molar-refractivity contribution in [1.29, 1.82) is 0 Å². The van der Waals surface area contributed by atoms with Gasteiger partial charge in [0.2, 0.25) is 12.1 Å². The number of nitrogens with one attached hydrogen (secondary N) is 4. The molecule has 0 bridgehead atoms. The monoisotopic (exact) mass is 474 g/mol. The minimum atomic E-state index is -2.22. The smallest absolute Gasteiger partial charge is 0.409 e. The van der Waals surface area contributed by atoms with E-state index in [1.807, 2.05) is 6.07 Å². The second-order valence-electron chi connectivity index (χ2n) is 7.25. The van der Waals surface area contributed by atoms with Gasteiger partial charge in [-0.1, -0.05) is 30.3 Å². The molecular weight excluding hydrogens is 448 g/mol. The van der Waals surface area contributed by atoms with Crippen LogP contribution in [0.2, 0.25) is 0 Å². The van der Waals surface area contributed by atoms with E-state index in [2.05, 4.69) is 31.4 Å². The van der Waals surface area contributed by atoms with E-state index in [0.717, 1.165) is 19.0 Å². The summed E-state index contributed by atoms with van der Waals surface area (Å²) in [7, 11) is 0. The van der Waals surface area contributed by atoms with Crippen LogP contribution in [0.25, 0.3) is 0 Å². The third-order valence-electron chi connectivity index (χ3n) is 4.71. The molecule has 13 heteroatoms. The van der Waals surface area contributed by atoms with Gasteiger partial charge in [0.1, 0.15) is 12.4 Å². The summed E-state index contributed by atoms with van der Waals surface area (Å²) in [6.45, 7) is 2.44. The zero-order valence-corrected chi connectivity index (χ0v) is 18.3. The van der Waals surface area contributed by atoms with E-state index in [0.29, 0.717) is 25.1 Å². The maximum absolute atomic E-state index is 12.3. The van der Waals surface area contributed by atoms with Gasteiger partial charge < -0.3 is 35.1 Å². The number of aliphatic carboxylic acids is 1. The van der Waals surface area contributed by atoms with E-state index in [-0.39, 0.29) is 24.7 Å². The summed E-state index contributed by atoms with van der Waals surface area (Å²) >= 11 is 0. The molecule has 1 atom stereocenters. The lowest BCUT2D eigenvalue weighted by atomic mass is 10.0. The summed E-state index contributed by atoms with van der Waals surface area (Å²) in [6.07, 6.45) is -0.657. The van der Waals surface area contributed by atoms with Crippen molar-refractivity contribution >= 4 is 24.4 Å². The van der Waals surface area contributed by atoms with Crippen LogP contribution in [0.15, 0.2) is 45.9 Å². The first-order valence-corrected chi connectivity index (χ1v) is 10.5. The number of alkyl carbamates (subject to hydrolysis) is 1. The number of hydrogen-bond acceptors (Lipinski definition) is 10. The second kappa shape index (κ2) is 12.1. The largest absolute Gasteiger partial charge is 0.478 e. The molecule has 0 spiro atoms. The molecule has 0 saturated heterocycles. The molecule has 0 aliphatic carbocycles. The summed E-state index contributed by atoms with van der Waals surface area (Å²) in [5, 5.41) is 24.0. The molecule has 1 aromatic heterocycles. The third-order valence-corrected chi connectivity index (χ3v) is 4.71. The van der Waals surface area contributed by atoms with Crippen LogP contribution in [0.5, 0.6) is 5.88 Å². The van der Waals surface area contributed by atoms with Crippen molar-refractivity contribution in [3.8, 4) is 5.88 Å². The zero-order valence-electron chi connectivity index (χ0n) is 18.3. The number of ether oxygens (including phenoxy) is 2. The summed E-state index contributed by atoms with van der Waals surface area (Å²) in [4.78, 5) is 39.6. The Morgan fingerprint density at radius 3 is 2.82 bits per heavy atom. The number of carbonyl (C=O) groups excluding carboxylic acids is 2. The molecule has 0 saturated carbocycles. The maximum Gasteiger partial charge on any atom is 0.409 e. The first-order chi connectivity index (χ1) is 16.5. The fraction of sp³-hybridized carbons (Fsp3) is 0.381. The number of benzene rings is 1. The Kier molecular flexibility index (Phi) is 8.66. The fourth-order valence-corrected chi connectivity index (χ4v) is 3.03. The van der Waals surface area contributed by atoms with Crippen molar-refractivity contribution in [1.82, 2.24) is 26.4 Å². The number of rotatable bonds is 13. The Bertz CT molecular complexity index is 997. The van der Waals surface area contributed by atoms with E-state index in [4.69, 9.17) is 14.0 Å². The molecular formula is C21H26N6O7. The van der Waals surface area contributed by atoms with Crippen molar-refractivity contribution in [2.24, 2.45) is 4.99 Å². The average Bonchev–Trinajstić information content (AvgIpc) is 3.50. The Hall–Kier alpha value is -4.29. The van der Waals surface area contributed by atoms with Gasteiger partial charge in [0.25, 0.3) is 5.88 Å². The number of nitrogens with zero attached hydrogens (tertiary/aromatic N) is 2. The van der Waals surface area contributed by atoms with Gasteiger partial charge in [-0.25, -0.2) is 9.59 Å². The molecule has 2 aromatic rings. The maximum atomic E-state index is 12.3. The van der Waals surface area contributed by atoms with Gasteiger partial charge in [0, 0.05) is 19.2 Å². The summed E-state index contributed by atoms with van der Waals surface area (Å²) in [5.41, 5.74) is -1.51. The molecule has 1 aliphatic heterocycles. The van der Waals surface area contributed by atoms with Gasteiger partial charge in [-0.2, -0.15) is 0 Å². The lowest BCUT2D eigenvalue weighted by molar-refractivity contribution is -0.147. The van der Waals surface area contributed by atoms with Crippen LogP contribution >= 0.6 is 0 Å². The minimum absolute atomic E-state index is 0.0674. The number of amides is 2. The summed E-state index contributed by atoms with van der Waals surface area (Å²) < 4.78 is 15.7. The van der Waals surface area contributed by atoms with Gasteiger partial charge in [0.05, 0.1) is 19.6 Å². The van der Waals surface area contributed by atoms with Crippen LogP contribution in [-0.2, 0) is 27.4 Å². The lowest BCUT2D eigenvalue weighted by Gasteiger charge is -2.28. The van der Waals surface area contributed by atoms with Gasteiger partial charge in [-0.05, 0) is 17.1 Å². The van der Waals surface area contributed by atoms with E-state index < -0.39 is 24.1 Å². The molecule has 1 aromatic carbocycles. The van der Waals surface area contributed by atoms with E-state index in [9.17, 15) is 19.5 Å². The molecule has 2 amide bonds. The van der Waals surface area contributed by atoms with Crippen molar-refractivity contribution in [3.63, 3.8) is 0 Å². The van der Waals surface area contributed by atoms with Crippen molar-refractivity contribution in [2.75, 3.05) is 26.2 Å². The SMILES string of the molecule is O=CNC(Cc1cc(OCCCNC2=NCCN2)no1)(NC(=O)OCc1ccccc1)C(=O)O. The lowest BCUT2D eigenvalue weighted by Crippen LogP contribution is -2.65. The van der Waals surface area contributed by atoms with Crippen LogP contribution < -0.4 is 26.0 Å². The number of carboxylic acids is 1. The van der Waals surface area contributed by atoms with Gasteiger partial charge in [-0.15, -0.1) is 0 Å². The molecule has 13 nitrogen and oxygen atoms in total. The molecule has 1 aliphatic rings. The summed E-state index contributed by atoms with van der Waals surface area (Å²) in [5.74, 6) is -0.558. The van der Waals surface area contributed by atoms with Crippen LogP contribution in [0.1, 0.15) is 17.7 Å². The van der Waals surface area contributed by atoms with E-state index in [1.165, 1.54) is 6.07 Å². The Labute approximate surface area is 194 Å². The third kappa shape index (κ3) is 7.12. The number of guanidine groups is 1. The normalized spacial score (nSPS) is 14.2. The molecule has 3 rings (SSSR count). The highest BCUT2D eigenvalue weighted by Gasteiger charge is 2.42. The first-order valence-electron chi connectivity index (χ1n) is 10.5. The van der Waals surface area contributed by atoms with Crippen LogP contribution in [0.3, 0.4) is 0 Å². The van der Waals surface area contributed by atoms with Crippen LogP contribution in [0, 0.1) is 0 Å². The summed E-state index contributed by atoms with van der Waals surface area (Å²) in [6, 6.07) is 10.2. The number of aliphatic imine (C=N–C) groups is 1. The number of carbonyl (C=O) groups is 3. The predicted molar refractivity (Wildman–Crippen MR) is 118 cm³/mol. The predicted octanol–water partition coefficient (Wildman–Crippen LogP) is -0.0119. The van der Waals surface area contributed by atoms with Crippen molar-refractivity contribution in [3.05, 3.63) is 47.7 Å². The van der Waals surface area contributed by atoms with Crippen molar-refractivity contribution in [2.45, 2.75) is 25.1 Å². The minimum Gasteiger partial charge on any atom is -0.478 e. The van der Waals surface area contributed by atoms with E-state index in [1.54, 1.807) is 24.3 Å². The topological polar surface area (TPSA) is 176 Å². The molecule has 0 fully saturated rings. The highest BCUT2D eigenvalue weighted by atomic mass is 16.6. The molecule has 1 unspecified atom stereocenters. The average molecular weight is 474 g/mol. The zero-order chi connectivity index (χ0) is 24.2. The number of aromatic nitrogens is 1. The van der Waals surface area contributed by atoms with Crippen molar-refractivity contribution < 1.29 is 33.5 Å². The van der Waals surface area contributed by atoms with Crippen LogP contribution in [-0.4, -0.2) is 66.6 Å². The van der Waals surface area contributed by atoms with Gasteiger partial charge in [0.15, 0.2) is 5.96 Å². The van der Waals surface area contributed by atoms with Gasteiger partial charge >= 0.3 is 12.1 Å². The molecule has 34 heavy (non-hydrogen) atoms. The Morgan fingerprint density at radius 2 is 2.12 bits per heavy atom. The molecule has 0 radical (unpaired) electrons. The molecule has 5 N–H and O–H groups in total. The number of carboxylic acid groups (broad SMARTS) is 1. The van der Waals surface area contributed by atoms with Gasteiger partial charge in [-0.3, -0.25) is 15.1 Å². The second-order valence-corrected chi connectivity index (χ2v) is 7.25. The fourth-order valence-electron chi connectivity index (χ4n) is 3.03. The molecule has 182 valence electrons. The first kappa shape index (κ1) is 24.4. The molecule has 2 heterocycles. The number of hydrogen-bond donors (Lipinski definition) is 5. The van der Waals surface area contributed by atoms with Crippen LogP contribution in [0.4, 0.5) is 4.79 Å². The Balaban J connectivity index is 1.53. The van der Waals surface area contributed by atoms with E-state index >= 15 is 0 Å². The standard InChI is InChI=1S/C21H26N6O7/c28-14-25-21(18(29)30,26-20(31)33-13-15-5-2-1-3-6-15)12-16-11-17(27-34-16)32-10-4-7-22-19-23-8-9-24-19/h1-3,5-6,11,14H,4,7-10,12-13H2,(H,25,28)(H,26,31)(H,29,30)(H2,22,23,24). The highest BCUT2D eigenvalue weighted by molar-refractivity contribution is 5.86. The highest BCUT2D eigenvalue weighted by Crippen LogP contribution is 2.18. The quantitative estimate of drug-likeness (QED) is 0.151. The Morgan fingerprint density at radius 1 is 1.29 bits per heavy atom.